The van der Waals surface area contributed by atoms with Crippen LogP contribution in [-0.4, -0.2) is 17.6 Å². The third-order valence-electron chi connectivity index (χ3n) is 4.54. The van der Waals surface area contributed by atoms with Gasteiger partial charge in [-0.3, -0.25) is 4.79 Å². The standard InChI is InChI=1S/C20H28N2O2/c1-13(2)10-11-14(3)22-15(4)17(20(21)23)12-18(22)16-8-6-7-9-19(16)24-5/h6-9,12-14H,10-11H2,1-5H3,(H2,21,23). The van der Waals surface area contributed by atoms with E-state index in [0.717, 1.165) is 35.5 Å². The minimum atomic E-state index is -0.390. The number of hydrogen-bond donors (Lipinski definition) is 1. The van der Waals surface area contributed by atoms with Crippen LogP contribution in [0, 0.1) is 12.8 Å². The summed E-state index contributed by atoms with van der Waals surface area (Å²) in [5.74, 6) is 1.05. The summed E-state index contributed by atoms with van der Waals surface area (Å²) in [5.41, 5.74) is 9.04. The summed E-state index contributed by atoms with van der Waals surface area (Å²) in [5, 5.41) is 0. The first-order chi connectivity index (χ1) is 11.4. The number of rotatable bonds is 7. The topological polar surface area (TPSA) is 57.2 Å². The van der Waals surface area contributed by atoms with Gasteiger partial charge in [0.05, 0.1) is 18.4 Å². The lowest BCUT2D eigenvalue weighted by Gasteiger charge is -2.21. The summed E-state index contributed by atoms with van der Waals surface area (Å²) in [7, 11) is 1.66. The highest BCUT2D eigenvalue weighted by molar-refractivity contribution is 5.96. The van der Waals surface area contributed by atoms with Crippen molar-refractivity contribution in [2.45, 2.75) is 46.6 Å². The minimum absolute atomic E-state index is 0.278. The molecule has 0 fully saturated rings. The summed E-state index contributed by atoms with van der Waals surface area (Å²) in [6.07, 6.45) is 2.18. The lowest BCUT2D eigenvalue weighted by molar-refractivity contribution is 0.0999. The first-order valence-corrected chi connectivity index (χ1v) is 8.51. The minimum Gasteiger partial charge on any atom is -0.496 e. The molecule has 0 spiro atoms. The Labute approximate surface area is 144 Å². The fraction of sp³-hybridized carbons (Fsp3) is 0.450. The lowest BCUT2D eigenvalue weighted by Crippen LogP contribution is -2.14. The summed E-state index contributed by atoms with van der Waals surface area (Å²) >= 11 is 0. The first-order valence-electron chi connectivity index (χ1n) is 8.51. The molecule has 0 radical (unpaired) electrons. The van der Waals surface area contributed by atoms with Crippen molar-refractivity contribution in [1.29, 1.82) is 0 Å². The molecule has 1 amide bonds. The van der Waals surface area contributed by atoms with E-state index in [-0.39, 0.29) is 6.04 Å². The van der Waals surface area contributed by atoms with Crippen molar-refractivity contribution < 1.29 is 9.53 Å². The zero-order valence-electron chi connectivity index (χ0n) is 15.3. The van der Waals surface area contributed by atoms with Gasteiger partial charge in [0.1, 0.15) is 5.75 Å². The molecular formula is C20H28N2O2. The Balaban J connectivity index is 2.57. The maximum atomic E-state index is 11.8. The van der Waals surface area contributed by atoms with E-state index in [1.54, 1.807) is 7.11 Å². The van der Waals surface area contributed by atoms with E-state index >= 15 is 0 Å². The van der Waals surface area contributed by atoms with Crippen LogP contribution in [0.1, 0.15) is 55.7 Å². The number of benzene rings is 1. The van der Waals surface area contributed by atoms with Gasteiger partial charge in [-0.15, -0.1) is 0 Å². The molecule has 0 bridgehead atoms. The number of amides is 1. The number of methoxy groups -OCH3 is 1. The van der Waals surface area contributed by atoms with Crippen molar-refractivity contribution in [1.82, 2.24) is 4.57 Å². The Hall–Kier alpha value is -2.23. The van der Waals surface area contributed by atoms with Gasteiger partial charge in [-0.1, -0.05) is 26.0 Å². The van der Waals surface area contributed by atoms with Gasteiger partial charge in [-0.2, -0.15) is 0 Å². The van der Waals surface area contributed by atoms with E-state index in [1.165, 1.54) is 0 Å². The normalized spacial score (nSPS) is 12.4. The van der Waals surface area contributed by atoms with Gasteiger partial charge in [-0.25, -0.2) is 0 Å². The van der Waals surface area contributed by atoms with Crippen LogP contribution < -0.4 is 10.5 Å². The van der Waals surface area contributed by atoms with Crippen molar-refractivity contribution in [3.63, 3.8) is 0 Å². The largest absolute Gasteiger partial charge is 0.496 e. The highest BCUT2D eigenvalue weighted by Gasteiger charge is 2.22. The molecular weight excluding hydrogens is 300 g/mol. The molecule has 2 rings (SSSR count). The second-order valence-electron chi connectivity index (χ2n) is 6.78. The molecule has 0 saturated heterocycles. The molecule has 130 valence electrons. The third-order valence-corrected chi connectivity index (χ3v) is 4.54. The number of carbonyl (C=O) groups is 1. The summed E-state index contributed by atoms with van der Waals surface area (Å²) in [6.45, 7) is 8.61. The zero-order valence-corrected chi connectivity index (χ0v) is 15.3. The number of nitrogens with zero attached hydrogens (tertiary/aromatic N) is 1. The van der Waals surface area contributed by atoms with E-state index in [1.807, 2.05) is 37.3 Å². The number of aromatic nitrogens is 1. The second kappa shape index (κ2) is 7.56. The SMILES string of the molecule is COc1ccccc1-c1cc(C(N)=O)c(C)n1C(C)CCC(C)C. The quantitative estimate of drug-likeness (QED) is 0.809. The van der Waals surface area contributed by atoms with Gasteiger partial charge in [-0.05, 0) is 50.8 Å². The average Bonchev–Trinajstić information content (AvgIpc) is 2.90. The molecule has 2 aromatic rings. The van der Waals surface area contributed by atoms with E-state index in [9.17, 15) is 4.79 Å². The predicted octanol–water partition coefficient (Wildman–Crippen LogP) is 4.57. The molecule has 1 unspecified atom stereocenters. The Morgan fingerprint density at radius 3 is 2.46 bits per heavy atom. The molecule has 1 heterocycles. The van der Waals surface area contributed by atoms with Crippen molar-refractivity contribution in [3.8, 4) is 17.0 Å². The average molecular weight is 328 g/mol. The van der Waals surface area contributed by atoms with Crippen molar-refractivity contribution in [2.75, 3.05) is 7.11 Å². The molecule has 4 heteroatoms. The molecule has 0 saturated carbocycles. The molecule has 1 atom stereocenters. The number of ether oxygens (including phenoxy) is 1. The van der Waals surface area contributed by atoms with Crippen LogP contribution in [0.3, 0.4) is 0 Å². The molecule has 0 aliphatic rings. The third kappa shape index (κ3) is 3.64. The van der Waals surface area contributed by atoms with Gasteiger partial charge >= 0.3 is 0 Å². The Bertz CT molecular complexity index is 716. The monoisotopic (exact) mass is 328 g/mol. The van der Waals surface area contributed by atoms with Gasteiger partial charge in [0.15, 0.2) is 0 Å². The number of primary amides is 1. The highest BCUT2D eigenvalue weighted by Crippen LogP contribution is 2.36. The van der Waals surface area contributed by atoms with Crippen LogP contribution in [0.15, 0.2) is 30.3 Å². The number of nitrogens with two attached hydrogens (primary N) is 1. The molecule has 1 aromatic heterocycles. The van der Waals surface area contributed by atoms with E-state index in [0.29, 0.717) is 11.5 Å². The Kier molecular flexibility index (Phi) is 5.71. The van der Waals surface area contributed by atoms with Crippen LogP contribution in [0.25, 0.3) is 11.3 Å². The first kappa shape index (κ1) is 18.1. The van der Waals surface area contributed by atoms with E-state index < -0.39 is 5.91 Å². The molecule has 0 aliphatic carbocycles. The van der Waals surface area contributed by atoms with Crippen LogP contribution in [0.2, 0.25) is 0 Å². The molecule has 4 nitrogen and oxygen atoms in total. The van der Waals surface area contributed by atoms with E-state index in [4.69, 9.17) is 10.5 Å². The maximum absolute atomic E-state index is 11.8. The fourth-order valence-electron chi connectivity index (χ4n) is 3.21. The maximum Gasteiger partial charge on any atom is 0.250 e. The number of para-hydroxylation sites is 1. The van der Waals surface area contributed by atoms with Crippen LogP contribution in [0.5, 0.6) is 5.75 Å². The predicted molar refractivity (Wildman–Crippen MR) is 98.5 cm³/mol. The molecule has 1 aromatic carbocycles. The van der Waals surface area contributed by atoms with Crippen LogP contribution >= 0.6 is 0 Å². The number of hydrogen-bond acceptors (Lipinski definition) is 2. The fourth-order valence-corrected chi connectivity index (χ4v) is 3.21. The van der Waals surface area contributed by atoms with Crippen LogP contribution in [-0.2, 0) is 0 Å². The highest BCUT2D eigenvalue weighted by atomic mass is 16.5. The summed E-state index contributed by atoms with van der Waals surface area (Å²) < 4.78 is 7.74. The molecule has 24 heavy (non-hydrogen) atoms. The van der Waals surface area contributed by atoms with Crippen molar-refractivity contribution in [2.24, 2.45) is 11.7 Å². The van der Waals surface area contributed by atoms with Gasteiger partial charge in [0.25, 0.3) is 5.91 Å². The summed E-state index contributed by atoms with van der Waals surface area (Å²) in [6, 6.07) is 10.0. The second-order valence-corrected chi connectivity index (χ2v) is 6.78. The van der Waals surface area contributed by atoms with Gasteiger partial charge in [0, 0.05) is 17.3 Å². The number of carbonyl (C=O) groups excluding carboxylic acids is 1. The van der Waals surface area contributed by atoms with Crippen molar-refractivity contribution >= 4 is 5.91 Å². The van der Waals surface area contributed by atoms with Crippen molar-refractivity contribution in [3.05, 3.63) is 41.6 Å². The Morgan fingerprint density at radius 2 is 1.88 bits per heavy atom. The summed E-state index contributed by atoms with van der Waals surface area (Å²) in [4.78, 5) is 11.8. The van der Waals surface area contributed by atoms with Gasteiger partial charge in [0.2, 0.25) is 0 Å². The van der Waals surface area contributed by atoms with Crippen LogP contribution in [0.4, 0.5) is 0 Å². The molecule has 2 N–H and O–H groups in total. The Morgan fingerprint density at radius 1 is 1.21 bits per heavy atom. The smallest absolute Gasteiger partial charge is 0.250 e. The van der Waals surface area contributed by atoms with Gasteiger partial charge < -0.3 is 15.0 Å². The molecule has 0 aliphatic heterocycles. The lowest BCUT2D eigenvalue weighted by atomic mass is 10.0. The van der Waals surface area contributed by atoms with E-state index in [2.05, 4.69) is 25.3 Å². The zero-order chi connectivity index (χ0) is 17.9.